The van der Waals surface area contributed by atoms with Crippen molar-refractivity contribution in [3.8, 4) is 0 Å². The first-order valence-corrected chi connectivity index (χ1v) is 11.7. The van der Waals surface area contributed by atoms with Crippen LogP contribution in [0, 0.1) is 6.92 Å². The van der Waals surface area contributed by atoms with Crippen molar-refractivity contribution < 1.29 is 9.59 Å². The Bertz CT molecular complexity index is 1130. The van der Waals surface area contributed by atoms with Gasteiger partial charge in [0.1, 0.15) is 0 Å². The molecule has 1 aliphatic heterocycles. The molecule has 166 valence electrons. The van der Waals surface area contributed by atoms with Crippen LogP contribution in [0.2, 0.25) is 0 Å². The monoisotopic (exact) mass is 428 g/mol. The number of allylic oxidation sites excluding steroid dienone is 2. The molecule has 0 radical (unpaired) electrons. The zero-order valence-electron chi connectivity index (χ0n) is 19.8. The first-order chi connectivity index (χ1) is 15.0. The molecular weight excluding hydrogens is 396 g/mol. The molecular formula is C28H32N2O2. The molecule has 32 heavy (non-hydrogen) atoms. The maximum absolute atomic E-state index is 11.9. The van der Waals surface area contributed by atoms with E-state index in [1.54, 1.807) is 0 Å². The van der Waals surface area contributed by atoms with Crippen molar-refractivity contribution in [2.24, 2.45) is 0 Å². The molecule has 1 aromatic heterocycles. The molecule has 0 bridgehead atoms. The third kappa shape index (κ3) is 3.23. The van der Waals surface area contributed by atoms with E-state index in [0.29, 0.717) is 19.4 Å². The number of hydrogen-bond donors (Lipinski definition) is 0. The SMILES string of the molecule is Cc1cc2c(cc1C1(c3ccc(CN4C(=O)CCC4=O)cn3)CC1)C(C)(C)C=CC2(C)C. The Balaban J connectivity index is 1.49. The van der Waals surface area contributed by atoms with E-state index in [4.69, 9.17) is 4.98 Å². The Morgan fingerprint density at radius 1 is 0.875 bits per heavy atom. The second-order valence-electron chi connectivity index (χ2n) is 11.0. The third-order valence-corrected chi connectivity index (χ3v) is 7.75. The molecule has 0 unspecified atom stereocenters. The molecule has 2 aliphatic carbocycles. The van der Waals surface area contributed by atoms with Crippen LogP contribution in [0.5, 0.6) is 0 Å². The van der Waals surface area contributed by atoms with Gasteiger partial charge in [-0.1, -0.05) is 58.0 Å². The Kier molecular flexibility index (Phi) is 4.53. The van der Waals surface area contributed by atoms with Crippen molar-refractivity contribution in [1.29, 1.82) is 0 Å². The summed E-state index contributed by atoms with van der Waals surface area (Å²) in [7, 11) is 0. The standard InChI is InChI=1S/C28H32N2O2/c1-18-14-21-22(27(4,5)11-10-26(21,2)3)15-20(18)28(12-13-28)23-7-6-19(16-29-23)17-30-24(31)8-9-25(30)32/h6-7,10-11,14-16H,8-9,12-13,17H2,1-5H3. The highest BCUT2D eigenvalue weighted by molar-refractivity contribution is 6.01. The van der Waals surface area contributed by atoms with Crippen molar-refractivity contribution in [2.75, 3.05) is 0 Å². The van der Waals surface area contributed by atoms with Gasteiger partial charge in [0.15, 0.2) is 0 Å². The Morgan fingerprint density at radius 2 is 1.47 bits per heavy atom. The summed E-state index contributed by atoms with van der Waals surface area (Å²) in [5, 5.41) is 0. The van der Waals surface area contributed by atoms with Crippen molar-refractivity contribution in [1.82, 2.24) is 9.88 Å². The van der Waals surface area contributed by atoms with E-state index in [1.807, 2.05) is 12.3 Å². The molecule has 4 nitrogen and oxygen atoms in total. The molecule has 4 heteroatoms. The number of carbonyl (C=O) groups excluding carboxylic acids is 2. The lowest BCUT2D eigenvalue weighted by atomic mass is 9.66. The number of hydrogen-bond acceptors (Lipinski definition) is 3. The molecule has 1 saturated heterocycles. The molecule has 1 saturated carbocycles. The van der Waals surface area contributed by atoms with Gasteiger partial charge in [-0.05, 0) is 53.6 Å². The molecule has 0 atom stereocenters. The maximum atomic E-state index is 11.9. The van der Waals surface area contributed by atoms with Gasteiger partial charge in [0, 0.05) is 35.3 Å². The quantitative estimate of drug-likeness (QED) is 0.494. The number of likely N-dealkylation sites (tertiary alicyclic amines) is 1. The van der Waals surface area contributed by atoms with Crippen LogP contribution in [-0.4, -0.2) is 21.7 Å². The van der Waals surface area contributed by atoms with E-state index in [0.717, 1.165) is 24.1 Å². The van der Waals surface area contributed by atoms with E-state index in [9.17, 15) is 9.59 Å². The van der Waals surface area contributed by atoms with Gasteiger partial charge in [0.2, 0.25) is 11.8 Å². The topological polar surface area (TPSA) is 50.3 Å². The van der Waals surface area contributed by atoms with Crippen LogP contribution in [0.25, 0.3) is 0 Å². The van der Waals surface area contributed by atoms with E-state index in [-0.39, 0.29) is 28.1 Å². The Labute approximate surface area is 190 Å². The van der Waals surface area contributed by atoms with E-state index in [1.165, 1.54) is 27.2 Å². The summed E-state index contributed by atoms with van der Waals surface area (Å²) in [5.41, 5.74) is 7.57. The Hall–Kier alpha value is -2.75. The van der Waals surface area contributed by atoms with Crippen molar-refractivity contribution in [3.63, 3.8) is 0 Å². The zero-order chi connectivity index (χ0) is 22.9. The molecule has 3 aliphatic rings. The smallest absolute Gasteiger partial charge is 0.229 e. The number of aryl methyl sites for hydroxylation is 1. The average molecular weight is 429 g/mol. The highest BCUT2D eigenvalue weighted by Gasteiger charge is 2.49. The van der Waals surface area contributed by atoms with Crippen LogP contribution < -0.4 is 0 Å². The van der Waals surface area contributed by atoms with Crippen LogP contribution in [0.4, 0.5) is 0 Å². The number of aromatic nitrogens is 1. The Morgan fingerprint density at radius 3 is 2.00 bits per heavy atom. The normalized spacial score (nSPS) is 22.2. The number of pyridine rings is 1. The number of benzene rings is 1. The largest absolute Gasteiger partial charge is 0.278 e. The van der Waals surface area contributed by atoms with Gasteiger partial charge in [0.25, 0.3) is 0 Å². The van der Waals surface area contributed by atoms with Gasteiger partial charge < -0.3 is 0 Å². The molecule has 2 fully saturated rings. The molecule has 1 aromatic carbocycles. The summed E-state index contributed by atoms with van der Waals surface area (Å²) >= 11 is 0. The number of nitrogens with zero attached hydrogens (tertiary/aromatic N) is 2. The molecule has 0 spiro atoms. The van der Waals surface area contributed by atoms with Crippen LogP contribution in [0.15, 0.2) is 42.6 Å². The van der Waals surface area contributed by atoms with Gasteiger partial charge in [-0.2, -0.15) is 0 Å². The van der Waals surface area contributed by atoms with Gasteiger partial charge in [-0.25, -0.2) is 0 Å². The van der Waals surface area contributed by atoms with Crippen molar-refractivity contribution >= 4 is 11.8 Å². The summed E-state index contributed by atoms with van der Waals surface area (Å²) in [6, 6.07) is 8.97. The lowest BCUT2D eigenvalue weighted by Gasteiger charge is -2.38. The minimum Gasteiger partial charge on any atom is -0.278 e. The zero-order valence-corrected chi connectivity index (χ0v) is 19.8. The van der Waals surface area contributed by atoms with Gasteiger partial charge in [-0.15, -0.1) is 0 Å². The fourth-order valence-electron chi connectivity index (χ4n) is 5.46. The van der Waals surface area contributed by atoms with Crippen LogP contribution in [-0.2, 0) is 32.4 Å². The van der Waals surface area contributed by atoms with E-state index >= 15 is 0 Å². The lowest BCUT2D eigenvalue weighted by Crippen LogP contribution is -2.30. The maximum Gasteiger partial charge on any atom is 0.229 e. The highest BCUT2D eigenvalue weighted by Crippen LogP contribution is 2.55. The summed E-state index contributed by atoms with van der Waals surface area (Å²) < 4.78 is 0. The number of carbonyl (C=O) groups is 2. The van der Waals surface area contributed by atoms with Crippen LogP contribution in [0.1, 0.15) is 86.9 Å². The number of fused-ring (bicyclic) bond motifs is 1. The summed E-state index contributed by atoms with van der Waals surface area (Å²) in [5.74, 6) is -0.163. The predicted molar refractivity (Wildman–Crippen MR) is 125 cm³/mol. The van der Waals surface area contributed by atoms with E-state index < -0.39 is 0 Å². The second-order valence-corrected chi connectivity index (χ2v) is 11.0. The van der Waals surface area contributed by atoms with Crippen molar-refractivity contribution in [3.05, 3.63) is 76.1 Å². The van der Waals surface area contributed by atoms with E-state index in [2.05, 4.69) is 65.0 Å². The lowest BCUT2D eigenvalue weighted by molar-refractivity contribution is -0.139. The van der Waals surface area contributed by atoms with Gasteiger partial charge in [0.05, 0.1) is 12.2 Å². The minimum absolute atomic E-state index is 0.00940. The van der Waals surface area contributed by atoms with Crippen molar-refractivity contribution in [2.45, 2.75) is 83.1 Å². The first kappa shape index (κ1) is 21.1. The first-order valence-electron chi connectivity index (χ1n) is 11.7. The number of amides is 2. The fourth-order valence-corrected chi connectivity index (χ4v) is 5.46. The minimum atomic E-state index is -0.0815. The summed E-state index contributed by atoms with van der Waals surface area (Å²) in [6.45, 7) is 11.7. The molecule has 0 N–H and O–H groups in total. The van der Waals surface area contributed by atoms with Crippen LogP contribution >= 0.6 is 0 Å². The number of rotatable bonds is 4. The molecule has 2 aromatic rings. The summed E-state index contributed by atoms with van der Waals surface area (Å²) in [6.07, 6.45) is 9.39. The molecule has 5 rings (SSSR count). The molecule has 2 heterocycles. The summed E-state index contributed by atoms with van der Waals surface area (Å²) in [4.78, 5) is 30.1. The number of imide groups is 1. The predicted octanol–water partition coefficient (Wildman–Crippen LogP) is 5.24. The molecule has 2 amide bonds. The van der Waals surface area contributed by atoms with Crippen LogP contribution in [0.3, 0.4) is 0 Å². The highest BCUT2D eigenvalue weighted by atomic mass is 16.2. The third-order valence-electron chi connectivity index (χ3n) is 7.75. The van der Waals surface area contributed by atoms with Gasteiger partial charge in [-0.3, -0.25) is 19.5 Å². The van der Waals surface area contributed by atoms with Gasteiger partial charge >= 0.3 is 0 Å². The second kappa shape index (κ2) is 6.87. The average Bonchev–Trinajstić information content (AvgIpc) is 3.49. The fraction of sp³-hybridized carbons (Fsp3) is 0.464.